The quantitative estimate of drug-likeness (QED) is 0.349. The van der Waals surface area contributed by atoms with Crippen LogP contribution >= 0.6 is 39.1 Å². The van der Waals surface area contributed by atoms with Crippen LogP contribution in [0.25, 0.3) is 0 Å². The van der Waals surface area contributed by atoms with Crippen molar-refractivity contribution in [3.8, 4) is 0 Å². The number of nitrogens with zero attached hydrogens (tertiary/aromatic N) is 1. The van der Waals surface area contributed by atoms with Gasteiger partial charge in [-0.25, -0.2) is 5.43 Å². The molecule has 0 radical (unpaired) electrons. The number of furan rings is 1. The first kappa shape index (κ1) is 21.1. The van der Waals surface area contributed by atoms with Gasteiger partial charge in [0, 0.05) is 10.7 Å². The highest BCUT2D eigenvalue weighted by molar-refractivity contribution is 9.10. The number of carbonyl (C=O) groups excluding carboxylic acids is 2. The third-order valence-electron chi connectivity index (χ3n) is 3.84. The lowest BCUT2D eigenvalue weighted by Gasteiger charge is -2.09. The molecule has 2 aromatic carbocycles. The minimum absolute atomic E-state index is 0.134. The molecular formula is C20H14BrCl2N3O3. The van der Waals surface area contributed by atoms with Gasteiger partial charge in [-0.2, -0.15) is 5.10 Å². The van der Waals surface area contributed by atoms with E-state index in [1.54, 1.807) is 49.4 Å². The molecule has 0 aliphatic rings. The number of nitrogens with one attached hydrogen (secondary N) is 2. The molecular weight excluding hydrogens is 481 g/mol. The molecule has 1 heterocycles. The number of benzene rings is 2. The standard InChI is InChI=1S/C20H14BrCl2N3O3/c1-11(25-26-20(28)17-7-8-18(21)29-17)12-3-2-4-14(9-12)24-19(27)15-6-5-13(22)10-16(15)23/h2-10H,1H3,(H,24,27)(H,26,28). The fourth-order valence-corrected chi connectivity index (χ4v) is 3.19. The molecule has 2 N–H and O–H groups in total. The molecule has 0 spiro atoms. The van der Waals surface area contributed by atoms with Crippen LogP contribution in [0.5, 0.6) is 0 Å². The van der Waals surface area contributed by atoms with Crippen LogP contribution in [-0.2, 0) is 0 Å². The molecule has 9 heteroatoms. The highest BCUT2D eigenvalue weighted by Crippen LogP contribution is 2.22. The summed E-state index contributed by atoms with van der Waals surface area (Å²) in [6.07, 6.45) is 0. The summed E-state index contributed by atoms with van der Waals surface area (Å²) in [6, 6.07) is 14.8. The Labute approximate surface area is 185 Å². The minimum atomic E-state index is -0.475. The summed E-state index contributed by atoms with van der Waals surface area (Å²) in [5.74, 6) is -0.707. The van der Waals surface area contributed by atoms with Crippen LogP contribution in [0.15, 0.2) is 68.8 Å². The van der Waals surface area contributed by atoms with E-state index in [-0.39, 0.29) is 16.7 Å². The Morgan fingerprint density at radius 1 is 1.03 bits per heavy atom. The van der Waals surface area contributed by atoms with Crippen molar-refractivity contribution in [2.24, 2.45) is 5.10 Å². The molecule has 0 bridgehead atoms. The number of amides is 2. The summed E-state index contributed by atoms with van der Waals surface area (Å²) in [6.45, 7) is 1.73. The first-order valence-corrected chi connectivity index (χ1v) is 9.85. The third-order valence-corrected chi connectivity index (χ3v) is 4.81. The summed E-state index contributed by atoms with van der Waals surface area (Å²) in [5, 5.41) is 7.56. The van der Waals surface area contributed by atoms with Crippen molar-refractivity contribution >= 4 is 62.3 Å². The zero-order chi connectivity index (χ0) is 21.0. The van der Waals surface area contributed by atoms with E-state index >= 15 is 0 Å². The summed E-state index contributed by atoms with van der Waals surface area (Å²) < 4.78 is 5.63. The molecule has 29 heavy (non-hydrogen) atoms. The number of hydrazone groups is 1. The van der Waals surface area contributed by atoms with E-state index in [2.05, 4.69) is 31.8 Å². The lowest BCUT2D eigenvalue weighted by molar-refractivity contribution is 0.0925. The van der Waals surface area contributed by atoms with Crippen molar-refractivity contribution < 1.29 is 14.0 Å². The van der Waals surface area contributed by atoms with Crippen LogP contribution in [0, 0.1) is 0 Å². The Morgan fingerprint density at radius 3 is 2.52 bits per heavy atom. The van der Waals surface area contributed by atoms with Crippen LogP contribution in [-0.4, -0.2) is 17.5 Å². The molecule has 0 fully saturated rings. The van der Waals surface area contributed by atoms with Gasteiger partial charge >= 0.3 is 5.91 Å². The summed E-state index contributed by atoms with van der Waals surface area (Å²) in [5.41, 5.74) is 4.55. The van der Waals surface area contributed by atoms with Crippen LogP contribution in [0.2, 0.25) is 10.0 Å². The molecule has 3 rings (SSSR count). The summed E-state index contributed by atoms with van der Waals surface area (Å²) in [7, 11) is 0. The second-order valence-corrected chi connectivity index (χ2v) is 7.53. The van der Waals surface area contributed by atoms with E-state index in [0.29, 0.717) is 32.2 Å². The van der Waals surface area contributed by atoms with E-state index in [1.165, 1.54) is 12.1 Å². The van der Waals surface area contributed by atoms with Gasteiger partial charge in [0.1, 0.15) is 0 Å². The summed E-state index contributed by atoms with van der Waals surface area (Å²) in [4.78, 5) is 24.5. The summed E-state index contributed by atoms with van der Waals surface area (Å²) >= 11 is 15.1. The number of carbonyl (C=O) groups is 2. The predicted octanol–water partition coefficient (Wildman–Crippen LogP) is 5.76. The van der Waals surface area contributed by atoms with Crippen molar-refractivity contribution in [1.82, 2.24) is 5.43 Å². The van der Waals surface area contributed by atoms with Crippen LogP contribution in [0.3, 0.4) is 0 Å². The first-order chi connectivity index (χ1) is 13.8. The molecule has 0 aliphatic heterocycles. The van der Waals surface area contributed by atoms with Gasteiger partial charge in [-0.3, -0.25) is 9.59 Å². The van der Waals surface area contributed by atoms with Crippen molar-refractivity contribution in [3.63, 3.8) is 0 Å². The van der Waals surface area contributed by atoms with Gasteiger partial charge in [-0.15, -0.1) is 0 Å². The molecule has 1 aromatic heterocycles. The third kappa shape index (κ3) is 5.47. The largest absolute Gasteiger partial charge is 0.444 e. The molecule has 0 saturated carbocycles. The maximum absolute atomic E-state index is 12.5. The fraction of sp³-hybridized carbons (Fsp3) is 0.0500. The normalized spacial score (nSPS) is 11.2. The second kappa shape index (κ2) is 9.26. The highest BCUT2D eigenvalue weighted by atomic mass is 79.9. The molecule has 0 atom stereocenters. The Morgan fingerprint density at radius 2 is 1.83 bits per heavy atom. The van der Waals surface area contributed by atoms with Gasteiger partial charge in [0.15, 0.2) is 10.4 Å². The zero-order valence-electron chi connectivity index (χ0n) is 15.0. The lowest BCUT2D eigenvalue weighted by atomic mass is 10.1. The van der Waals surface area contributed by atoms with E-state index in [9.17, 15) is 9.59 Å². The maximum Gasteiger partial charge on any atom is 0.307 e. The highest BCUT2D eigenvalue weighted by Gasteiger charge is 2.12. The van der Waals surface area contributed by atoms with E-state index in [0.717, 1.165) is 0 Å². The van der Waals surface area contributed by atoms with Gasteiger partial charge < -0.3 is 9.73 Å². The van der Waals surface area contributed by atoms with Gasteiger partial charge in [0.05, 0.1) is 16.3 Å². The van der Waals surface area contributed by atoms with E-state index < -0.39 is 5.91 Å². The fourth-order valence-electron chi connectivity index (χ4n) is 2.38. The lowest BCUT2D eigenvalue weighted by Crippen LogP contribution is -2.18. The Balaban J connectivity index is 1.71. The molecule has 0 aliphatic carbocycles. The van der Waals surface area contributed by atoms with E-state index in [4.69, 9.17) is 27.6 Å². The Kier molecular flexibility index (Phi) is 6.74. The van der Waals surface area contributed by atoms with Crippen molar-refractivity contribution in [1.29, 1.82) is 0 Å². The number of halogens is 3. The topological polar surface area (TPSA) is 83.7 Å². The van der Waals surface area contributed by atoms with Crippen LogP contribution < -0.4 is 10.7 Å². The van der Waals surface area contributed by atoms with Gasteiger partial charge in [0.25, 0.3) is 5.91 Å². The molecule has 0 saturated heterocycles. The smallest absolute Gasteiger partial charge is 0.307 e. The van der Waals surface area contributed by atoms with Crippen LogP contribution in [0.4, 0.5) is 5.69 Å². The molecule has 0 unspecified atom stereocenters. The SMILES string of the molecule is CC(=NNC(=O)c1ccc(Br)o1)c1cccc(NC(=O)c2ccc(Cl)cc2Cl)c1. The van der Waals surface area contributed by atoms with Crippen LogP contribution in [0.1, 0.15) is 33.4 Å². The van der Waals surface area contributed by atoms with Gasteiger partial charge in [0.2, 0.25) is 0 Å². The number of hydrogen-bond acceptors (Lipinski definition) is 4. The second-order valence-electron chi connectivity index (χ2n) is 5.90. The monoisotopic (exact) mass is 493 g/mol. The number of rotatable bonds is 5. The first-order valence-electron chi connectivity index (χ1n) is 8.30. The van der Waals surface area contributed by atoms with E-state index in [1.807, 2.05) is 0 Å². The molecule has 3 aromatic rings. The average Bonchev–Trinajstić information content (AvgIpc) is 3.12. The number of anilines is 1. The molecule has 148 valence electrons. The predicted molar refractivity (Wildman–Crippen MR) is 117 cm³/mol. The van der Waals surface area contributed by atoms with Gasteiger partial charge in [-0.1, -0.05) is 35.3 Å². The maximum atomic E-state index is 12.5. The Bertz CT molecular complexity index is 1110. The van der Waals surface area contributed by atoms with Gasteiger partial charge in [-0.05, 0) is 70.9 Å². The number of hydrogen-bond donors (Lipinski definition) is 2. The zero-order valence-corrected chi connectivity index (χ0v) is 18.1. The minimum Gasteiger partial charge on any atom is -0.444 e. The van der Waals surface area contributed by atoms with Crippen molar-refractivity contribution in [2.75, 3.05) is 5.32 Å². The Hall–Kier alpha value is -2.61. The average molecular weight is 495 g/mol. The van der Waals surface area contributed by atoms with Crippen molar-refractivity contribution in [2.45, 2.75) is 6.92 Å². The van der Waals surface area contributed by atoms with Crippen molar-refractivity contribution in [3.05, 3.63) is 86.2 Å². The molecule has 2 amide bonds. The molecule has 6 nitrogen and oxygen atoms in total.